The number of Topliss-reactive ketones (excluding diaryl/α,β-unsaturated/α-hetero) is 1. The lowest BCUT2D eigenvalue weighted by molar-refractivity contribution is -0.131. The first-order valence-electron chi connectivity index (χ1n) is 4.89. The molecule has 3 nitrogen and oxygen atoms in total. The molecule has 0 aliphatic heterocycles. The highest BCUT2D eigenvalue weighted by Crippen LogP contribution is 2.18. The molecule has 15 heavy (non-hydrogen) atoms. The number of esters is 1. The number of ketones is 1. The minimum absolute atomic E-state index is 0.114. The van der Waals surface area contributed by atoms with Crippen molar-refractivity contribution < 1.29 is 14.3 Å². The van der Waals surface area contributed by atoms with Crippen LogP contribution in [0.5, 0.6) is 5.75 Å². The molecule has 0 atom stereocenters. The molecular weight excluding hydrogens is 192 g/mol. The highest BCUT2D eigenvalue weighted by molar-refractivity contribution is 5.97. The van der Waals surface area contributed by atoms with Gasteiger partial charge in [-0.3, -0.25) is 9.59 Å². The Hall–Kier alpha value is -1.64. The van der Waals surface area contributed by atoms with Gasteiger partial charge in [-0.2, -0.15) is 0 Å². The van der Waals surface area contributed by atoms with Crippen molar-refractivity contribution in [3.05, 3.63) is 29.8 Å². The number of hydrogen-bond donors (Lipinski definition) is 0. The molecule has 0 aliphatic carbocycles. The van der Waals surface area contributed by atoms with Gasteiger partial charge in [0.2, 0.25) is 0 Å². The van der Waals surface area contributed by atoms with Crippen LogP contribution in [0.15, 0.2) is 24.3 Å². The zero-order valence-electron chi connectivity index (χ0n) is 9.53. The Balaban J connectivity index is 0.000000921. The molecule has 0 unspecified atom stereocenters. The molecule has 0 saturated carbocycles. The fourth-order valence-electron chi connectivity index (χ4n) is 1.00. The molecular formula is C12H16O3. The summed E-state index contributed by atoms with van der Waals surface area (Å²) in [6.07, 6.45) is 0. The number of para-hydroxylation sites is 1. The molecule has 0 saturated heterocycles. The number of rotatable bonds is 2. The van der Waals surface area contributed by atoms with Crippen molar-refractivity contribution in [2.45, 2.75) is 27.7 Å². The molecule has 0 aromatic heterocycles. The SMILES string of the molecule is CC.CC(=O)Oc1ccccc1C(C)=O. The zero-order chi connectivity index (χ0) is 11.8. The van der Waals surface area contributed by atoms with Crippen LogP contribution in [0.4, 0.5) is 0 Å². The van der Waals surface area contributed by atoms with Gasteiger partial charge in [0.15, 0.2) is 5.78 Å². The fourth-order valence-corrected chi connectivity index (χ4v) is 1.00. The van der Waals surface area contributed by atoms with Crippen LogP contribution in [0, 0.1) is 0 Å². The topological polar surface area (TPSA) is 43.4 Å². The lowest BCUT2D eigenvalue weighted by Gasteiger charge is -2.04. The van der Waals surface area contributed by atoms with Crippen LogP contribution in [0.25, 0.3) is 0 Å². The lowest BCUT2D eigenvalue weighted by Crippen LogP contribution is -2.05. The number of hydrogen-bond acceptors (Lipinski definition) is 3. The highest BCUT2D eigenvalue weighted by Gasteiger charge is 2.08. The van der Waals surface area contributed by atoms with Gasteiger partial charge in [0, 0.05) is 6.92 Å². The molecule has 0 amide bonds. The molecule has 1 rings (SSSR count). The quantitative estimate of drug-likeness (QED) is 0.426. The monoisotopic (exact) mass is 208 g/mol. The third kappa shape index (κ3) is 4.40. The normalized spacial score (nSPS) is 8.53. The summed E-state index contributed by atoms with van der Waals surface area (Å²) in [5.74, 6) is -0.215. The number of carbonyl (C=O) groups is 2. The summed E-state index contributed by atoms with van der Waals surface area (Å²) in [5.41, 5.74) is 0.428. The van der Waals surface area contributed by atoms with E-state index in [2.05, 4.69) is 0 Å². The Kier molecular flexibility index (Phi) is 6.02. The molecule has 1 aromatic rings. The largest absolute Gasteiger partial charge is 0.426 e. The summed E-state index contributed by atoms with van der Waals surface area (Å²) in [6.45, 7) is 6.74. The van der Waals surface area contributed by atoms with E-state index in [9.17, 15) is 9.59 Å². The van der Waals surface area contributed by atoms with Crippen LogP contribution < -0.4 is 4.74 Å². The van der Waals surface area contributed by atoms with E-state index in [0.717, 1.165) is 0 Å². The first-order chi connectivity index (χ1) is 7.11. The minimum Gasteiger partial charge on any atom is -0.426 e. The summed E-state index contributed by atoms with van der Waals surface area (Å²) < 4.78 is 4.85. The van der Waals surface area contributed by atoms with Gasteiger partial charge < -0.3 is 4.74 Å². The summed E-state index contributed by atoms with van der Waals surface area (Å²) in [4.78, 5) is 21.7. The van der Waals surface area contributed by atoms with E-state index in [0.29, 0.717) is 11.3 Å². The maximum atomic E-state index is 11.1. The Bertz CT molecular complexity index is 342. The second kappa shape index (κ2) is 6.76. The van der Waals surface area contributed by atoms with Crippen LogP contribution in [-0.2, 0) is 4.79 Å². The molecule has 0 spiro atoms. The Labute approximate surface area is 90.1 Å². The van der Waals surface area contributed by atoms with E-state index in [4.69, 9.17) is 4.74 Å². The van der Waals surface area contributed by atoms with E-state index in [1.165, 1.54) is 13.8 Å². The van der Waals surface area contributed by atoms with Gasteiger partial charge in [-0.25, -0.2) is 0 Å². The van der Waals surface area contributed by atoms with Gasteiger partial charge in [0.05, 0.1) is 5.56 Å². The first-order valence-corrected chi connectivity index (χ1v) is 4.89. The van der Waals surface area contributed by atoms with Gasteiger partial charge in [-0.1, -0.05) is 26.0 Å². The van der Waals surface area contributed by atoms with Crippen LogP contribution >= 0.6 is 0 Å². The second-order valence-corrected chi connectivity index (χ2v) is 2.65. The van der Waals surface area contributed by atoms with E-state index in [1.54, 1.807) is 24.3 Å². The van der Waals surface area contributed by atoms with E-state index < -0.39 is 5.97 Å². The van der Waals surface area contributed by atoms with Crippen LogP contribution in [0.2, 0.25) is 0 Å². The predicted molar refractivity (Wildman–Crippen MR) is 59.1 cm³/mol. The van der Waals surface area contributed by atoms with Crippen LogP contribution in [0.1, 0.15) is 38.1 Å². The maximum Gasteiger partial charge on any atom is 0.308 e. The lowest BCUT2D eigenvalue weighted by atomic mass is 10.1. The average molecular weight is 208 g/mol. The van der Waals surface area contributed by atoms with Gasteiger partial charge in [-0.05, 0) is 19.1 Å². The smallest absolute Gasteiger partial charge is 0.308 e. The number of benzene rings is 1. The zero-order valence-corrected chi connectivity index (χ0v) is 9.53. The average Bonchev–Trinajstić information content (AvgIpc) is 2.20. The van der Waals surface area contributed by atoms with Crippen molar-refractivity contribution >= 4 is 11.8 Å². The summed E-state index contributed by atoms with van der Waals surface area (Å²) in [6, 6.07) is 6.66. The summed E-state index contributed by atoms with van der Waals surface area (Å²) >= 11 is 0. The van der Waals surface area contributed by atoms with E-state index in [-0.39, 0.29) is 5.78 Å². The Morgan fingerprint density at radius 3 is 2.07 bits per heavy atom. The molecule has 0 N–H and O–H groups in total. The van der Waals surface area contributed by atoms with Crippen molar-refractivity contribution in [3.8, 4) is 5.75 Å². The summed E-state index contributed by atoms with van der Waals surface area (Å²) in [5, 5.41) is 0. The second-order valence-electron chi connectivity index (χ2n) is 2.65. The maximum absolute atomic E-state index is 11.1. The highest BCUT2D eigenvalue weighted by atomic mass is 16.5. The number of carbonyl (C=O) groups excluding carboxylic acids is 2. The summed E-state index contributed by atoms with van der Waals surface area (Å²) in [7, 11) is 0. The van der Waals surface area contributed by atoms with Crippen molar-refractivity contribution in [1.82, 2.24) is 0 Å². The molecule has 0 heterocycles. The van der Waals surface area contributed by atoms with Crippen LogP contribution in [-0.4, -0.2) is 11.8 Å². The molecule has 0 aliphatic rings. The van der Waals surface area contributed by atoms with Gasteiger partial charge >= 0.3 is 5.97 Å². The van der Waals surface area contributed by atoms with Gasteiger partial charge in [0.1, 0.15) is 5.75 Å². The van der Waals surface area contributed by atoms with E-state index in [1.807, 2.05) is 13.8 Å². The van der Waals surface area contributed by atoms with E-state index >= 15 is 0 Å². The third-order valence-electron chi connectivity index (χ3n) is 1.52. The van der Waals surface area contributed by atoms with Gasteiger partial charge in [0.25, 0.3) is 0 Å². The third-order valence-corrected chi connectivity index (χ3v) is 1.52. The molecule has 0 bridgehead atoms. The predicted octanol–water partition coefficient (Wildman–Crippen LogP) is 2.84. The Morgan fingerprint density at radius 2 is 1.60 bits per heavy atom. The Morgan fingerprint density at radius 1 is 1.07 bits per heavy atom. The first kappa shape index (κ1) is 13.4. The van der Waals surface area contributed by atoms with Crippen LogP contribution in [0.3, 0.4) is 0 Å². The fraction of sp³-hybridized carbons (Fsp3) is 0.333. The van der Waals surface area contributed by atoms with Crippen molar-refractivity contribution in [3.63, 3.8) is 0 Å². The standard InChI is InChI=1S/C10H10O3.C2H6/c1-7(11)9-5-3-4-6-10(9)13-8(2)12;1-2/h3-6H,1-2H3;1-2H3. The van der Waals surface area contributed by atoms with Crippen molar-refractivity contribution in [2.24, 2.45) is 0 Å². The molecule has 0 fully saturated rings. The van der Waals surface area contributed by atoms with Gasteiger partial charge in [-0.15, -0.1) is 0 Å². The molecule has 3 heteroatoms. The minimum atomic E-state index is -0.422. The molecule has 1 aromatic carbocycles. The van der Waals surface area contributed by atoms with Crippen molar-refractivity contribution in [2.75, 3.05) is 0 Å². The molecule has 0 radical (unpaired) electrons. The molecule has 82 valence electrons. The number of ether oxygens (including phenoxy) is 1. The van der Waals surface area contributed by atoms with Crippen molar-refractivity contribution in [1.29, 1.82) is 0 Å².